The van der Waals surface area contributed by atoms with Gasteiger partial charge in [0.05, 0.1) is 19.1 Å². The summed E-state index contributed by atoms with van der Waals surface area (Å²) in [5.74, 6) is -0.866. The van der Waals surface area contributed by atoms with E-state index in [0.717, 1.165) is 19.4 Å². The molecule has 2 rings (SSSR count). The molecule has 2 atom stereocenters. The molecule has 0 saturated carbocycles. The van der Waals surface area contributed by atoms with E-state index in [0.29, 0.717) is 12.0 Å². The van der Waals surface area contributed by atoms with Crippen molar-refractivity contribution in [2.45, 2.75) is 44.7 Å². The summed E-state index contributed by atoms with van der Waals surface area (Å²) < 4.78 is 18.0. The number of amides is 1. The van der Waals surface area contributed by atoms with Gasteiger partial charge in [0.1, 0.15) is 5.82 Å². The van der Waals surface area contributed by atoms with Crippen LogP contribution < -0.4 is 10.6 Å². The molecule has 7 heteroatoms. The van der Waals surface area contributed by atoms with Gasteiger partial charge >= 0.3 is 5.97 Å². The summed E-state index contributed by atoms with van der Waals surface area (Å²) in [6, 6.07) is 5.46. The second-order valence-electron chi connectivity index (χ2n) is 5.68. The first-order valence-corrected chi connectivity index (χ1v) is 8.02. The lowest BCUT2D eigenvalue weighted by atomic mass is 10.0. The number of hydrogen-bond acceptors (Lipinski definition) is 4. The van der Waals surface area contributed by atoms with Crippen LogP contribution in [0.1, 0.15) is 44.2 Å². The van der Waals surface area contributed by atoms with Crippen LogP contribution in [0.4, 0.5) is 4.39 Å². The highest BCUT2D eigenvalue weighted by Gasteiger charge is 2.22. The predicted molar refractivity (Wildman–Crippen MR) is 91.4 cm³/mol. The Kier molecular flexibility index (Phi) is 8.71. The molecule has 5 nitrogen and oxygen atoms in total. The maximum absolute atomic E-state index is 13.1. The van der Waals surface area contributed by atoms with E-state index in [2.05, 4.69) is 10.6 Å². The number of hydrogen-bond donors (Lipinski definition) is 2. The minimum atomic E-state index is -0.511. The Morgan fingerprint density at radius 2 is 2.08 bits per heavy atom. The molecule has 1 amide bonds. The van der Waals surface area contributed by atoms with Gasteiger partial charge in [-0.1, -0.05) is 12.1 Å². The molecule has 0 bridgehead atoms. The van der Waals surface area contributed by atoms with E-state index in [1.54, 1.807) is 19.1 Å². The number of halogens is 2. The number of carbonyl (C=O) groups is 2. The summed E-state index contributed by atoms with van der Waals surface area (Å²) in [6.45, 7) is 2.95. The Morgan fingerprint density at radius 1 is 1.38 bits per heavy atom. The van der Waals surface area contributed by atoms with Gasteiger partial charge in [-0.15, -0.1) is 12.4 Å². The first kappa shape index (κ1) is 20.4. The van der Waals surface area contributed by atoms with Crippen LogP contribution in [0.15, 0.2) is 24.3 Å². The first-order valence-electron chi connectivity index (χ1n) is 8.02. The number of benzene rings is 1. The SMILES string of the molecule is CCOC(=O)CC(NC(=O)CC1CCCN1)c1ccc(F)cc1.Cl. The van der Waals surface area contributed by atoms with E-state index >= 15 is 0 Å². The van der Waals surface area contributed by atoms with Crippen LogP contribution in [-0.2, 0) is 14.3 Å². The number of carbonyl (C=O) groups excluding carboxylic acids is 2. The molecule has 24 heavy (non-hydrogen) atoms. The maximum atomic E-state index is 13.1. The van der Waals surface area contributed by atoms with Crippen LogP contribution >= 0.6 is 12.4 Å². The Balaban J connectivity index is 0.00000288. The molecule has 1 aromatic rings. The van der Waals surface area contributed by atoms with Gasteiger partial charge in [0, 0.05) is 12.5 Å². The summed E-state index contributed by atoms with van der Waals surface area (Å²) in [5.41, 5.74) is 0.687. The van der Waals surface area contributed by atoms with E-state index in [1.807, 2.05) is 0 Å². The topological polar surface area (TPSA) is 67.4 Å². The third-order valence-electron chi connectivity index (χ3n) is 3.88. The van der Waals surface area contributed by atoms with Crippen molar-refractivity contribution in [3.05, 3.63) is 35.6 Å². The lowest BCUT2D eigenvalue weighted by Crippen LogP contribution is -2.35. The Bertz CT molecular complexity index is 533. The molecule has 1 saturated heterocycles. The third-order valence-corrected chi connectivity index (χ3v) is 3.88. The van der Waals surface area contributed by atoms with Crippen molar-refractivity contribution in [2.24, 2.45) is 0 Å². The zero-order valence-corrected chi connectivity index (χ0v) is 14.5. The molecule has 134 valence electrons. The summed E-state index contributed by atoms with van der Waals surface area (Å²) in [4.78, 5) is 24.0. The third kappa shape index (κ3) is 6.45. The van der Waals surface area contributed by atoms with Gasteiger partial charge in [-0.3, -0.25) is 9.59 Å². The molecule has 1 fully saturated rings. The lowest BCUT2D eigenvalue weighted by molar-refractivity contribution is -0.143. The number of rotatable bonds is 7. The maximum Gasteiger partial charge on any atom is 0.308 e. The second-order valence-corrected chi connectivity index (χ2v) is 5.68. The molecule has 0 spiro atoms. The fourth-order valence-electron chi connectivity index (χ4n) is 2.74. The molecule has 1 aromatic carbocycles. The van der Waals surface area contributed by atoms with Crippen LogP contribution in [0.3, 0.4) is 0 Å². The zero-order chi connectivity index (χ0) is 16.7. The van der Waals surface area contributed by atoms with Crippen molar-refractivity contribution < 1.29 is 18.7 Å². The molecule has 2 N–H and O–H groups in total. The van der Waals surface area contributed by atoms with Crippen LogP contribution in [0.5, 0.6) is 0 Å². The molecule has 0 aromatic heterocycles. The quantitative estimate of drug-likeness (QED) is 0.735. The Hall–Kier alpha value is -1.66. The van der Waals surface area contributed by atoms with Crippen molar-refractivity contribution in [3.8, 4) is 0 Å². The monoisotopic (exact) mass is 358 g/mol. The molecular weight excluding hydrogens is 335 g/mol. The normalized spacial score (nSPS) is 17.7. The number of nitrogens with one attached hydrogen (secondary N) is 2. The molecule has 1 aliphatic rings. The largest absolute Gasteiger partial charge is 0.466 e. The van der Waals surface area contributed by atoms with Crippen molar-refractivity contribution in [2.75, 3.05) is 13.2 Å². The van der Waals surface area contributed by atoms with Gasteiger partial charge < -0.3 is 15.4 Å². The summed E-state index contributed by atoms with van der Waals surface area (Å²) in [6.07, 6.45) is 2.46. The summed E-state index contributed by atoms with van der Waals surface area (Å²) in [5, 5.41) is 6.13. The Morgan fingerprint density at radius 3 is 2.67 bits per heavy atom. The van der Waals surface area contributed by atoms with Gasteiger partial charge in [-0.2, -0.15) is 0 Å². The van der Waals surface area contributed by atoms with E-state index in [-0.39, 0.29) is 49.2 Å². The minimum absolute atomic E-state index is 0. The molecular formula is C17H24ClFN2O3. The molecule has 1 heterocycles. The smallest absolute Gasteiger partial charge is 0.308 e. The van der Waals surface area contributed by atoms with E-state index in [4.69, 9.17) is 4.74 Å². The van der Waals surface area contributed by atoms with Crippen molar-refractivity contribution in [3.63, 3.8) is 0 Å². The summed E-state index contributed by atoms with van der Waals surface area (Å²) in [7, 11) is 0. The van der Waals surface area contributed by atoms with E-state index in [1.165, 1.54) is 12.1 Å². The van der Waals surface area contributed by atoms with E-state index in [9.17, 15) is 14.0 Å². The van der Waals surface area contributed by atoms with Crippen molar-refractivity contribution >= 4 is 24.3 Å². The average molecular weight is 359 g/mol. The minimum Gasteiger partial charge on any atom is -0.466 e. The standard InChI is InChI=1S/C17H23FN2O3.ClH/c1-2-23-17(22)11-15(12-5-7-13(18)8-6-12)20-16(21)10-14-4-3-9-19-14;/h5-8,14-15,19H,2-4,9-11H2,1H3,(H,20,21);1H. The van der Waals surface area contributed by atoms with E-state index < -0.39 is 6.04 Å². The molecule has 0 aliphatic carbocycles. The first-order chi connectivity index (χ1) is 11.1. The molecule has 1 aliphatic heterocycles. The van der Waals surface area contributed by atoms with Gasteiger partial charge in [-0.25, -0.2) is 4.39 Å². The fraction of sp³-hybridized carbons (Fsp3) is 0.529. The van der Waals surface area contributed by atoms with Crippen LogP contribution in [0, 0.1) is 5.82 Å². The molecule has 0 radical (unpaired) electrons. The predicted octanol–water partition coefficient (Wildman–Crippen LogP) is 2.50. The summed E-state index contributed by atoms with van der Waals surface area (Å²) >= 11 is 0. The average Bonchev–Trinajstić information content (AvgIpc) is 3.00. The van der Waals surface area contributed by atoms with Crippen LogP contribution in [-0.4, -0.2) is 31.1 Å². The number of esters is 1. The van der Waals surface area contributed by atoms with Crippen molar-refractivity contribution in [1.82, 2.24) is 10.6 Å². The zero-order valence-electron chi connectivity index (χ0n) is 13.7. The highest BCUT2D eigenvalue weighted by atomic mass is 35.5. The second kappa shape index (κ2) is 10.3. The highest BCUT2D eigenvalue weighted by molar-refractivity contribution is 5.85. The highest BCUT2D eigenvalue weighted by Crippen LogP contribution is 2.19. The molecule has 2 unspecified atom stereocenters. The number of ether oxygens (including phenoxy) is 1. The van der Waals surface area contributed by atoms with Gasteiger partial charge in [0.15, 0.2) is 0 Å². The van der Waals surface area contributed by atoms with Gasteiger partial charge in [0.25, 0.3) is 0 Å². The van der Waals surface area contributed by atoms with Gasteiger partial charge in [0.2, 0.25) is 5.91 Å². The van der Waals surface area contributed by atoms with Crippen LogP contribution in [0.25, 0.3) is 0 Å². The van der Waals surface area contributed by atoms with Gasteiger partial charge in [-0.05, 0) is 44.0 Å². The van der Waals surface area contributed by atoms with Crippen molar-refractivity contribution in [1.29, 1.82) is 0 Å². The van der Waals surface area contributed by atoms with Crippen LogP contribution in [0.2, 0.25) is 0 Å². The Labute approximate surface area is 147 Å². The lowest BCUT2D eigenvalue weighted by Gasteiger charge is -2.20. The fourth-order valence-corrected chi connectivity index (χ4v) is 2.74.